The zero-order valence-corrected chi connectivity index (χ0v) is 16.7. The number of nitrogens with two attached hydrogens (primary N) is 1. The third-order valence-electron chi connectivity index (χ3n) is 4.82. The molecule has 0 saturated heterocycles. The number of methoxy groups -OCH3 is 1. The van der Waals surface area contributed by atoms with Crippen molar-refractivity contribution in [3.05, 3.63) is 59.9 Å². The lowest BCUT2D eigenvalue weighted by molar-refractivity contribution is 0.0593. The number of nitriles is 1. The van der Waals surface area contributed by atoms with E-state index in [1.165, 1.54) is 17.9 Å². The zero-order valence-electron chi connectivity index (χ0n) is 16.7. The highest BCUT2D eigenvalue weighted by molar-refractivity contribution is 5.96. The molecule has 0 amide bonds. The number of fused-ring (bicyclic) bond motifs is 1. The van der Waals surface area contributed by atoms with Gasteiger partial charge >= 0.3 is 5.97 Å². The molecule has 0 unspecified atom stereocenters. The average molecular weight is 401 g/mol. The SMILES string of the molecule is COC(=O)c1c(N)c(C#N)cn1-c1ccc2oc(-c3ccc(N(C)C)cc3)nc2c1. The highest BCUT2D eigenvalue weighted by Gasteiger charge is 2.22. The van der Waals surface area contributed by atoms with Gasteiger partial charge in [0.25, 0.3) is 0 Å². The minimum absolute atomic E-state index is 0.0753. The van der Waals surface area contributed by atoms with Crippen LogP contribution in [0, 0.1) is 11.3 Å². The number of hydrogen-bond acceptors (Lipinski definition) is 7. The van der Waals surface area contributed by atoms with E-state index >= 15 is 0 Å². The van der Waals surface area contributed by atoms with Gasteiger partial charge in [0.2, 0.25) is 5.89 Å². The molecule has 4 aromatic rings. The van der Waals surface area contributed by atoms with Crippen LogP contribution in [0.1, 0.15) is 16.1 Å². The number of benzene rings is 2. The topological polar surface area (TPSA) is 110 Å². The molecule has 0 aliphatic rings. The Balaban J connectivity index is 1.79. The zero-order chi connectivity index (χ0) is 21.4. The fourth-order valence-electron chi connectivity index (χ4n) is 3.21. The van der Waals surface area contributed by atoms with Gasteiger partial charge < -0.3 is 24.4 Å². The van der Waals surface area contributed by atoms with Crippen molar-refractivity contribution in [3.8, 4) is 23.2 Å². The molecule has 0 radical (unpaired) electrons. The van der Waals surface area contributed by atoms with Gasteiger partial charge in [-0.15, -0.1) is 0 Å². The van der Waals surface area contributed by atoms with E-state index in [1.54, 1.807) is 18.2 Å². The molecule has 0 bridgehead atoms. The Morgan fingerprint density at radius 1 is 1.23 bits per heavy atom. The van der Waals surface area contributed by atoms with Gasteiger partial charge in [-0.1, -0.05) is 0 Å². The average Bonchev–Trinajstić information content (AvgIpc) is 3.33. The first-order chi connectivity index (χ1) is 14.4. The molecule has 4 rings (SSSR count). The Labute approximate surface area is 172 Å². The van der Waals surface area contributed by atoms with E-state index < -0.39 is 5.97 Å². The van der Waals surface area contributed by atoms with Gasteiger partial charge in [-0.25, -0.2) is 9.78 Å². The first kappa shape index (κ1) is 19.1. The van der Waals surface area contributed by atoms with Gasteiger partial charge in [0, 0.05) is 37.2 Å². The van der Waals surface area contributed by atoms with E-state index in [1.807, 2.05) is 49.3 Å². The summed E-state index contributed by atoms with van der Waals surface area (Å²) in [6.07, 6.45) is 1.50. The van der Waals surface area contributed by atoms with E-state index in [9.17, 15) is 10.1 Å². The molecule has 0 atom stereocenters. The Morgan fingerprint density at radius 3 is 2.60 bits per heavy atom. The first-order valence-electron chi connectivity index (χ1n) is 9.11. The number of nitrogen functional groups attached to an aromatic ring is 1. The molecular formula is C22H19N5O3. The van der Waals surface area contributed by atoms with E-state index in [2.05, 4.69) is 4.98 Å². The van der Waals surface area contributed by atoms with Crippen LogP contribution in [0.3, 0.4) is 0 Å². The number of nitrogens with zero attached hydrogens (tertiary/aromatic N) is 4. The highest BCUT2D eigenvalue weighted by atomic mass is 16.5. The summed E-state index contributed by atoms with van der Waals surface area (Å²) < 4.78 is 12.2. The summed E-state index contributed by atoms with van der Waals surface area (Å²) in [5, 5.41) is 9.29. The Hall–Kier alpha value is -4.25. The fraction of sp³-hybridized carbons (Fsp3) is 0.136. The molecule has 0 saturated carbocycles. The predicted molar refractivity (Wildman–Crippen MR) is 114 cm³/mol. The van der Waals surface area contributed by atoms with Crippen LogP contribution in [-0.4, -0.2) is 36.7 Å². The molecular weight excluding hydrogens is 382 g/mol. The van der Waals surface area contributed by atoms with Gasteiger partial charge in [-0.2, -0.15) is 5.26 Å². The van der Waals surface area contributed by atoms with Crippen LogP contribution in [-0.2, 0) is 4.74 Å². The molecule has 150 valence electrons. The fourth-order valence-corrected chi connectivity index (χ4v) is 3.21. The quantitative estimate of drug-likeness (QED) is 0.520. The number of aromatic nitrogens is 2. The molecule has 2 N–H and O–H groups in total. The molecule has 2 aromatic carbocycles. The van der Waals surface area contributed by atoms with Crippen molar-refractivity contribution in [2.45, 2.75) is 0 Å². The van der Waals surface area contributed by atoms with Crippen molar-refractivity contribution in [3.63, 3.8) is 0 Å². The third kappa shape index (κ3) is 3.12. The van der Waals surface area contributed by atoms with Crippen molar-refractivity contribution in [1.29, 1.82) is 5.26 Å². The largest absolute Gasteiger partial charge is 0.464 e. The molecule has 0 aliphatic heterocycles. The highest BCUT2D eigenvalue weighted by Crippen LogP contribution is 2.29. The number of hydrogen-bond donors (Lipinski definition) is 1. The minimum Gasteiger partial charge on any atom is -0.464 e. The second kappa shape index (κ2) is 7.29. The van der Waals surface area contributed by atoms with Gasteiger partial charge in [0.15, 0.2) is 11.3 Å². The predicted octanol–water partition coefficient (Wildman–Crippen LogP) is 3.59. The maximum absolute atomic E-state index is 12.2. The van der Waals surface area contributed by atoms with Crippen LogP contribution >= 0.6 is 0 Å². The second-order valence-electron chi connectivity index (χ2n) is 6.89. The number of rotatable bonds is 4. The summed E-state index contributed by atoms with van der Waals surface area (Å²) in [6, 6.07) is 15.2. The Bertz CT molecular complexity index is 1290. The Kier molecular flexibility index (Phi) is 4.64. The van der Waals surface area contributed by atoms with Crippen LogP contribution in [0.15, 0.2) is 53.1 Å². The number of carbonyl (C=O) groups is 1. The van der Waals surface area contributed by atoms with E-state index in [0.29, 0.717) is 22.7 Å². The molecule has 0 spiro atoms. The lowest BCUT2D eigenvalue weighted by Gasteiger charge is -2.11. The lowest BCUT2D eigenvalue weighted by Crippen LogP contribution is -2.11. The summed E-state index contributed by atoms with van der Waals surface area (Å²) >= 11 is 0. The van der Waals surface area contributed by atoms with Crippen LogP contribution in [0.25, 0.3) is 28.2 Å². The molecule has 2 heterocycles. The Morgan fingerprint density at radius 2 is 1.97 bits per heavy atom. The van der Waals surface area contributed by atoms with Gasteiger partial charge in [-0.05, 0) is 42.5 Å². The molecule has 2 aromatic heterocycles. The van der Waals surface area contributed by atoms with Gasteiger partial charge in [0.1, 0.15) is 11.6 Å². The van der Waals surface area contributed by atoms with Crippen molar-refractivity contribution in [1.82, 2.24) is 9.55 Å². The van der Waals surface area contributed by atoms with Crippen LogP contribution in [0.5, 0.6) is 0 Å². The van der Waals surface area contributed by atoms with Crippen LogP contribution < -0.4 is 10.6 Å². The van der Waals surface area contributed by atoms with Crippen molar-refractivity contribution in [2.24, 2.45) is 0 Å². The standard InChI is InChI=1S/C22H19N5O3/c1-26(2)15-6-4-13(5-7-15)21-25-17-10-16(8-9-18(17)30-21)27-12-14(11-23)19(24)20(27)22(28)29-3/h4-10,12H,24H2,1-3H3. The maximum atomic E-state index is 12.2. The van der Waals surface area contributed by atoms with E-state index in [0.717, 1.165) is 11.3 Å². The number of ether oxygens (including phenoxy) is 1. The van der Waals surface area contributed by atoms with Crippen molar-refractivity contribution < 1.29 is 13.9 Å². The van der Waals surface area contributed by atoms with Gasteiger partial charge in [-0.3, -0.25) is 0 Å². The monoisotopic (exact) mass is 401 g/mol. The van der Waals surface area contributed by atoms with E-state index in [-0.39, 0.29) is 16.9 Å². The number of oxazole rings is 1. The number of anilines is 2. The lowest BCUT2D eigenvalue weighted by atomic mass is 10.2. The van der Waals surface area contributed by atoms with Crippen LogP contribution in [0.2, 0.25) is 0 Å². The molecule has 8 heteroatoms. The summed E-state index contributed by atoms with van der Waals surface area (Å²) in [4.78, 5) is 18.8. The first-order valence-corrected chi connectivity index (χ1v) is 9.11. The van der Waals surface area contributed by atoms with Crippen molar-refractivity contribution in [2.75, 3.05) is 31.8 Å². The number of esters is 1. The normalized spacial score (nSPS) is 10.7. The smallest absolute Gasteiger partial charge is 0.357 e. The van der Waals surface area contributed by atoms with Gasteiger partial charge in [0.05, 0.1) is 18.4 Å². The molecule has 30 heavy (non-hydrogen) atoms. The molecule has 8 nitrogen and oxygen atoms in total. The minimum atomic E-state index is -0.629. The molecule has 0 aliphatic carbocycles. The second-order valence-corrected chi connectivity index (χ2v) is 6.89. The molecule has 0 fully saturated rings. The summed E-state index contributed by atoms with van der Waals surface area (Å²) in [7, 11) is 5.22. The summed E-state index contributed by atoms with van der Waals surface area (Å²) in [6.45, 7) is 0. The summed E-state index contributed by atoms with van der Waals surface area (Å²) in [5.74, 6) is -0.138. The number of carbonyl (C=O) groups excluding carboxylic acids is 1. The third-order valence-corrected chi connectivity index (χ3v) is 4.82. The summed E-state index contributed by atoms with van der Waals surface area (Å²) in [5.41, 5.74) is 10.1. The van der Waals surface area contributed by atoms with Crippen molar-refractivity contribution >= 4 is 28.4 Å². The van der Waals surface area contributed by atoms with Crippen LogP contribution in [0.4, 0.5) is 11.4 Å². The van der Waals surface area contributed by atoms with E-state index in [4.69, 9.17) is 14.9 Å². The maximum Gasteiger partial charge on any atom is 0.357 e.